The maximum Gasteiger partial charge on any atom is 0.242 e. The minimum Gasteiger partial charge on any atom is -0.492 e. The number of nitrogens with one attached hydrogen (secondary N) is 1. The third-order valence-electron chi connectivity index (χ3n) is 6.11. The summed E-state index contributed by atoms with van der Waals surface area (Å²) in [5.74, 6) is -0.128. The van der Waals surface area contributed by atoms with E-state index in [1.807, 2.05) is 20.8 Å². The Morgan fingerprint density at radius 1 is 1.08 bits per heavy atom. The first kappa shape index (κ1) is 31.7. The minimum absolute atomic E-state index is 0.0228. The molecular weight excluding hydrogens is 549 g/mol. The number of rotatable bonds is 14. The molecule has 38 heavy (non-hydrogen) atoms. The molecule has 0 aliphatic carbocycles. The van der Waals surface area contributed by atoms with E-state index in [0.717, 1.165) is 12.7 Å². The highest BCUT2D eigenvalue weighted by Crippen LogP contribution is 2.30. The van der Waals surface area contributed by atoms with E-state index < -0.39 is 16.1 Å². The lowest BCUT2D eigenvalue weighted by atomic mass is 10.1. The molecule has 0 heterocycles. The number of carbonyl (C=O) groups is 2. The van der Waals surface area contributed by atoms with Crippen LogP contribution >= 0.6 is 23.2 Å². The Balaban J connectivity index is 2.25. The summed E-state index contributed by atoms with van der Waals surface area (Å²) in [6.07, 6.45) is 2.12. The molecule has 0 saturated carbocycles. The first-order valence-corrected chi connectivity index (χ1v) is 15.2. The SMILES string of the molecule is CCOc1ccccc1N(CCCC(=O)N(Cc1ccc(Cl)cc1Cl)[C@@H](C)C(=O)N[C@@H](C)CC)S(C)(=O)=O. The monoisotopic (exact) mass is 585 g/mol. The number of nitrogens with zero attached hydrogens (tertiary/aromatic N) is 2. The van der Waals surface area contributed by atoms with E-state index in [1.165, 1.54) is 9.21 Å². The second-order valence-electron chi connectivity index (χ2n) is 9.09. The quantitative estimate of drug-likeness (QED) is 0.326. The van der Waals surface area contributed by atoms with Gasteiger partial charge in [0.2, 0.25) is 21.8 Å². The van der Waals surface area contributed by atoms with Crippen molar-refractivity contribution >= 4 is 50.7 Å². The third-order valence-corrected chi connectivity index (χ3v) is 7.88. The summed E-state index contributed by atoms with van der Waals surface area (Å²) in [5.41, 5.74) is 1.06. The number of sulfonamides is 1. The van der Waals surface area contributed by atoms with E-state index in [0.29, 0.717) is 33.7 Å². The summed E-state index contributed by atoms with van der Waals surface area (Å²) in [6.45, 7) is 7.90. The molecule has 2 atom stereocenters. The predicted molar refractivity (Wildman–Crippen MR) is 153 cm³/mol. The fourth-order valence-corrected chi connectivity index (χ4v) is 5.24. The smallest absolute Gasteiger partial charge is 0.242 e. The van der Waals surface area contributed by atoms with Gasteiger partial charge in [-0.2, -0.15) is 0 Å². The highest BCUT2D eigenvalue weighted by atomic mass is 35.5. The van der Waals surface area contributed by atoms with Crippen molar-refractivity contribution in [1.29, 1.82) is 0 Å². The van der Waals surface area contributed by atoms with Gasteiger partial charge in [-0.1, -0.05) is 48.3 Å². The molecule has 210 valence electrons. The minimum atomic E-state index is -3.65. The van der Waals surface area contributed by atoms with Crippen LogP contribution in [0, 0.1) is 0 Å². The average Bonchev–Trinajstić information content (AvgIpc) is 2.85. The second-order valence-corrected chi connectivity index (χ2v) is 11.8. The van der Waals surface area contributed by atoms with Gasteiger partial charge in [0.25, 0.3) is 0 Å². The Bertz CT molecular complexity index is 1210. The van der Waals surface area contributed by atoms with E-state index in [4.69, 9.17) is 27.9 Å². The molecule has 11 heteroatoms. The zero-order valence-corrected chi connectivity index (χ0v) is 24.9. The highest BCUT2D eigenvalue weighted by molar-refractivity contribution is 7.92. The molecule has 1 N–H and O–H groups in total. The fraction of sp³-hybridized carbons (Fsp3) is 0.481. The number of halogens is 2. The van der Waals surface area contributed by atoms with Crippen LogP contribution in [0.15, 0.2) is 42.5 Å². The summed E-state index contributed by atoms with van der Waals surface area (Å²) >= 11 is 12.4. The highest BCUT2D eigenvalue weighted by Gasteiger charge is 2.28. The average molecular weight is 587 g/mol. The number of hydrogen-bond donors (Lipinski definition) is 1. The van der Waals surface area contributed by atoms with E-state index in [2.05, 4.69) is 5.32 Å². The van der Waals surface area contributed by atoms with Crippen molar-refractivity contribution in [2.24, 2.45) is 0 Å². The first-order valence-electron chi connectivity index (χ1n) is 12.6. The van der Waals surface area contributed by atoms with Crippen LogP contribution in [0.2, 0.25) is 10.0 Å². The standard InChI is InChI=1S/C27H37Cl2N3O5S/c1-6-19(3)30-27(34)20(4)31(18-21-14-15-22(28)17-23(21)29)26(33)13-10-16-32(38(5,35)36)24-11-8-9-12-25(24)37-7-2/h8-9,11-12,14-15,17,19-20H,6-7,10,13,16,18H2,1-5H3,(H,30,34)/t19-,20-/m0/s1. The lowest BCUT2D eigenvalue weighted by Gasteiger charge is -2.30. The molecule has 0 aliphatic heterocycles. The molecular formula is C27H37Cl2N3O5S. The molecule has 0 radical (unpaired) electrons. The second kappa shape index (κ2) is 14.6. The van der Waals surface area contributed by atoms with Gasteiger partial charge in [-0.3, -0.25) is 13.9 Å². The molecule has 2 aromatic carbocycles. The topological polar surface area (TPSA) is 96.0 Å². The summed E-state index contributed by atoms with van der Waals surface area (Å²) in [7, 11) is -3.65. The Kier molecular flexibility index (Phi) is 12.2. The van der Waals surface area contributed by atoms with Crippen LogP contribution in [0.25, 0.3) is 0 Å². The van der Waals surface area contributed by atoms with E-state index in [9.17, 15) is 18.0 Å². The Morgan fingerprint density at radius 3 is 2.37 bits per heavy atom. The Hall–Kier alpha value is -2.49. The summed E-state index contributed by atoms with van der Waals surface area (Å²) in [5, 5.41) is 3.77. The van der Waals surface area contributed by atoms with Crippen LogP contribution in [-0.4, -0.2) is 56.6 Å². The number of para-hydroxylation sites is 2. The molecule has 0 aromatic heterocycles. The number of anilines is 1. The molecule has 2 rings (SSSR count). The van der Waals surface area contributed by atoms with Gasteiger partial charge >= 0.3 is 0 Å². The maximum atomic E-state index is 13.4. The van der Waals surface area contributed by atoms with Gasteiger partial charge in [-0.25, -0.2) is 8.42 Å². The number of carbonyl (C=O) groups excluding carboxylic acids is 2. The molecule has 0 fully saturated rings. The molecule has 0 spiro atoms. The van der Waals surface area contributed by atoms with Crippen molar-refractivity contribution in [2.45, 2.75) is 65.6 Å². The van der Waals surface area contributed by atoms with Crippen molar-refractivity contribution in [3.8, 4) is 5.75 Å². The third kappa shape index (κ3) is 9.06. The maximum absolute atomic E-state index is 13.4. The van der Waals surface area contributed by atoms with Gasteiger partial charge in [-0.05, 0) is 63.4 Å². The summed E-state index contributed by atoms with van der Waals surface area (Å²) in [4.78, 5) is 27.8. The van der Waals surface area contributed by atoms with Crippen molar-refractivity contribution in [2.75, 3.05) is 23.7 Å². The lowest BCUT2D eigenvalue weighted by molar-refractivity contribution is -0.140. The van der Waals surface area contributed by atoms with Gasteiger partial charge < -0.3 is 15.0 Å². The molecule has 2 aromatic rings. The van der Waals surface area contributed by atoms with Crippen LogP contribution in [0.4, 0.5) is 5.69 Å². The molecule has 0 saturated heterocycles. The van der Waals surface area contributed by atoms with Crippen LogP contribution in [0.1, 0.15) is 52.5 Å². The number of ether oxygens (including phenoxy) is 1. The number of amides is 2. The molecule has 0 aliphatic rings. The van der Waals surface area contributed by atoms with Crippen molar-refractivity contribution in [3.63, 3.8) is 0 Å². The molecule has 0 bridgehead atoms. The van der Waals surface area contributed by atoms with Gasteiger partial charge in [0.15, 0.2) is 0 Å². The van der Waals surface area contributed by atoms with Crippen LogP contribution < -0.4 is 14.4 Å². The van der Waals surface area contributed by atoms with Crippen LogP contribution in [0.5, 0.6) is 5.75 Å². The normalized spacial score (nSPS) is 12.9. The van der Waals surface area contributed by atoms with Crippen molar-refractivity contribution < 1.29 is 22.7 Å². The van der Waals surface area contributed by atoms with E-state index in [-0.39, 0.29) is 43.8 Å². The Morgan fingerprint density at radius 2 is 1.76 bits per heavy atom. The van der Waals surface area contributed by atoms with Gasteiger partial charge in [0.05, 0.1) is 18.6 Å². The van der Waals surface area contributed by atoms with Crippen molar-refractivity contribution in [3.05, 3.63) is 58.1 Å². The lowest BCUT2D eigenvalue weighted by Crippen LogP contribution is -2.49. The number of benzene rings is 2. The zero-order valence-electron chi connectivity index (χ0n) is 22.5. The van der Waals surface area contributed by atoms with E-state index in [1.54, 1.807) is 49.4 Å². The first-order chi connectivity index (χ1) is 17.9. The molecule has 2 amide bonds. The van der Waals surface area contributed by atoms with E-state index >= 15 is 0 Å². The van der Waals surface area contributed by atoms with Crippen LogP contribution in [0.3, 0.4) is 0 Å². The molecule has 0 unspecified atom stereocenters. The summed E-state index contributed by atoms with van der Waals surface area (Å²) in [6, 6.07) is 11.0. The fourth-order valence-electron chi connectivity index (χ4n) is 3.80. The zero-order chi connectivity index (χ0) is 28.5. The summed E-state index contributed by atoms with van der Waals surface area (Å²) < 4.78 is 32.1. The van der Waals surface area contributed by atoms with Crippen molar-refractivity contribution in [1.82, 2.24) is 10.2 Å². The number of hydrogen-bond acceptors (Lipinski definition) is 5. The van der Waals surface area contributed by atoms with Gasteiger partial charge in [0.1, 0.15) is 11.8 Å². The predicted octanol–water partition coefficient (Wildman–Crippen LogP) is 5.27. The van der Waals surface area contributed by atoms with Gasteiger partial charge in [0, 0.05) is 35.6 Å². The van der Waals surface area contributed by atoms with Crippen LogP contribution in [-0.2, 0) is 26.2 Å². The molecule has 8 nitrogen and oxygen atoms in total. The Labute approximate surface area is 236 Å². The van der Waals surface area contributed by atoms with Gasteiger partial charge in [-0.15, -0.1) is 0 Å². The largest absolute Gasteiger partial charge is 0.492 e.